The molecule has 26 heavy (non-hydrogen) atoms. The lowest BCUT2D eigenvalue weighted by molar-refractivity contribution is 0.0342. The van der Waals surface area contributed by atoms with Gasteiger partial charge in [-0.2, -0.15) is 0 Å². The number of anilines is 1. The highest BCUT2D eigenvalue weighted by Crippen LogP contribution is 2.36. The molecule has 1 saturated carbocycles. The van der Waals surface area contributed by atoms with Crippen molar-refractivity contribution in [3.8, 4) is 0 Å². The number of nitrogens with one attached hydrogen (secondary N) is 1. The molecular weight excluding hydrogens is 324 g/mol. The molecule has 4 heteroatoms. The molecule has 0 unspecified atom stereocenters. The number of benzene rings is 2. The fourth-order valence-corrected chi connectivity index (χ4v) is 3.62. The van der Waals surface area contributed by atoms with Gasteiger partial charge in [-0.3, -0.25) is 9.69 Å². The van der Waals surface area contributed by atoms with Crippen molar-refractivity contribution in [2.24, 2.45) is 0 Å². The van der Waals surface area contributed by atoms with E-state index < -0.39 is 0 Å². The van der Waals surface area contributed by atoms with E-state index in [1.165, 1.54) is 30.4 Å². The van der Waals surface area contributed by atoms with Crippen LogP contribution in [0.5, 0.6) is 0 Å². The summed E-state index contributed by atoms with van der Waals surface area (Å²) in [5.41, 5.74) is 4.14. The van der Waals surface area contributed by atoms with Crippen LogP contribution in [0.2, 0.25) is 0 Å². The van der Waals surface area contributed by atoms with E-state index >= 15 is 0 Å². The minimum absolute atomic E-state index is 0.0475. The van der Waals surface area contributed by atoms with Crippen LogP contribution < -0.4 is 5.32 Å². The Bertz CT molecular complexity index is 747. The van der Waals surface area contributed by atoms with E-state index in [9.17, 15) is 4.79 Å². The van der Waals surface area contributed by atoms with E-state index in [0.717, 1.165) is 38.5 Å². The first-order valence-corrected chi connectivity index (χ1v) is 9.58. The molecule has 1 aliphatic carbocycles. The first-order valence-electron chi connectivity index (χ1n) is 9.58. The van der Waals surface area contributed by atoms with Gasteiger partial charge in [0.25, 0.3) is 5.91 Å². The van der Waals surface area contributed by atoms with Crippen molar-refractivity contribution in [3.05, 3.63) is 65.2 Å². The average Bonchev–Trinajstić information content (AvgIpc) is 2.62. The van der Waals surface area contributed by atoms with Crippen LogP contribution in [0.4, 0.5) is 5.69 Å². The third kappa shape index (κ3) is 4.14. The molecule has 1 N–H and O–H groups in total. The largest absolute Gasteiger partial charge is 0.379 e. The van der Waals surface area contributed by atoms with Crippen molar-refractivity contribution in [2.75, 3.05) is 31.6 Å². The second-order valence-electron chi connectivity index (χ2n) is 7.29. The second-order valence-corrected chi connectivity index (χ2v) is 7.29. The predicted octanol–water partition coefficient (Wildman–Crippen LogP) is 4.04. The van der Waals surface area contributed by atoms with Gasteiger partial charge >= 0.3 is 0 Å². The molecule has 0 radical (unpaired) electrons. The Morgan fingerprint density at radius 2 is 1.85 bits per heavy atom. The number of ether oxygens (including phenoxy) is 1. The molecule has 1 heterocycles. The van der Waals surface area contributed by atoms with Crippen LogP contribution in [0, 0.1) is 0 Å². The van der Waals surface area contributed by atoms with Gasteiger partial charge in [0, 0.05) is 30.9 Å². The van der Waals surface area contributed by atoms with E-state index in [4.69, 9.17) is 4.74 Å². The summed E-state index contributed by atoms with van der Waals surface area (Å²) < 4.78 is 5.40. The van der Waals surface area contributed by atoms with Crippen LogP contribution in [0.15, 0.2) is 48.5 Å². The molecule has 1 aliphatic heterocycles. The summed E-state index contributed by atoms with van der Waals surface area (Å²) in [6.07, 6.45) is 3.89. The zero-order chi connectivity index (χ0) is 17.8. The second kappa shape index (κ2) is 8.02. The van der Waals surface area contributed by atoms with Crippen LogP contribution in [0.1, 0.15) is 46.7 Å². The molecule has 0 bridgehead atoms. The Morgan fingerprint density at radius 1 is 1.08 bits per heavy atom. The van der Waals surface area contributed by atoms with Gasteiger partial charge in [0.15, 0.2) is 0 Å². The van der Waals surface area contributed by atoms with Crippen LogP contribution in [0.25, 0.3) is 0 Å². The van der Waals surface area contributed by atoms with Crippen molar-refractivity contribution < 1.29 is 9.53 Å². The number of carbonyl (C=O) groups is 1. The summed E-state index contributed by atoms with van der Waals surface area (Å²) in [5, 5.41) is 3.03. The molecule has 2 aromatic carbocycles. The maximum Gasteiger partial charge on any atom is 0.255 e. The first-order chi connectivity index (χ1) is 12.8. The average molecular weight is 350 g/mol. The van der Waals surface area contributed by atoms with E-state index in [0.29, 0.717) is 11.5 Å². The van der Waals surface area contributed by atoms with Gasteiger partial charge < -0.3 is 10.1 Å². The fraction of sp³-hybridized carbons (Fsp3) is 0.409. The smallest absolute Gasteiger partial charge is 0.255 e. The molecular formula is C22H26N2O2. The first kappa shape index (κ1) is 17.3. The van der Waals surface area contributed by atoms with E-state index in [1.54, 1.807) is 0 Å². The van der Waals surface area contributed by atoms with Crippen LogP contribution in [0.3, 0.4) is 0 Å². The van der Waals surface area contributed by atoms with Gasteiger partial charge in [-0.25, -0.2) is 0 Å². The Labute approximate surface area is 155 Å². The minimum atomic E-state index is -0.0475. The third-order valence-corrected chi connectivity index (χ3v) is 5.44. The van der Waals surface area contributed by atoms with Crippen molar-refractivity contribution in [2.45, 2.75) is 31.7 Å². The van der Waals surface area contributed by atoms with Crippen LogP contribution in [-0.4, -0.2) is 37.1 Å². The van der Waals surface area contributed by atoms with Crippen molar-refractivity contribution >= 4 is 11.6 Å². The van der Waals surface area contributed by atoms with E-state index in [2.05, 4.69) is 34.5 Å². The number of carbonyl (C=O) groups excluding carboxylic acids is 1. The van der Waals surface area contributed by atoms with Crippen molar-refractivity contribution in [1.82, 2.24) is 4.90 Å². The van der Waals surface area contributed by atoms with Crippen LogP contribution >= 0.6 is 0 Å². The highest BCUT2D eigenvalue weighted by molar-refractivity contribution is 6.04. The van der Waals surface area contributed by atoms with Gasteiger partial charge in [-0.1, -0.05) is 30.7 Å². The molecule has 2 aliphatic rings. The lowest BCUT2D eigenvalue weighted by Crippen LogP contribution is -2.35. The molecule has 0 atom stereocenters. The Kier molecular flexibility index (Phi) is 5.32. The molecule has 1 saturated heterocycles. The standard InChI is InChI=1S/C22H26N2O2/c25-22(20-9-7-19(8-10-20)18-4-2-5-18)23-21-6-1-3-17(15-21)16-24-11-13-26-14-12-24/h1,3,6-10,15,18H,2,4-5,11-14,16H2,(H,23,25). The number of rotatable bonds is 5. The summed E-state index contributed by atoms with van der Waals surface area (Å²) >= 11 is 0. The zero-order valence-electron chi connectivity index (χ0n) is 15.1. The summed E-state index contributed by atoms with van der Waals surface area (Å²) in [4.78, 5) is 14.9. The molecule has 4 nitrogen and oxygen atoms in total. The molecule has 1 amide bonds. The van der Waals surface area contributed by atoms with Crippen LogP contribution in [-0.2, 0) is 11.3 Å². The molecule has 4 rings (SSSR count). The SMILES string of the molecule is O=C(Nc1cccc(CN2CCOCC2)c1)c1ccc(C2CCC2)cc1. The third-order valence-electron chi connectivity index (χ3n) is 5.44. The van der Waals surface area contributed by atoms with Gasteiger partial charge in [-0.15, -0.1) is 0 Å². The number of hydrogen-bond acceptors (Lipinski definition) is 3. The summed E-state index contributed by atoms with van der Waals surface area (Å²) in [5.74, 6) is 0.651. The highest BCUT2D eigenvalue weighted by atomic mass is 16.5. The number of nitrogens with zero attached hydrogens (tertiary/aromatic N) is 1. The molecule has 0 spiro atoms. The summed E-state index contributed by atoms with van der Waals surface area (Å²) in [6, 6.07) is 16.2. The molecule has 2 aromatic rings. The lowest BCUT2D eigenvalue weighted by atomic mass is 9.80. The molecule has 2 fully saturated rings. The maximum absolute atomic E-state index is 12.5. The number of hydrogen-bond donors (Lipinski definition) is 1. The Morgan fingerprint density at radius 3 is 2.54 bits per heavy atom. The fourth-order valence-electron chi connectivity index (χ4n) is 3.62. The predicted molar refractivity (Wildman–Crippen MR) is 104 cm³/mol. The highest BCUT2D eigenvalue weighted by Gasteiger charge is 2.19. The van der Waals surface area contributed by atoms with Gasteiger partial charge in [0.05, 0.1) is 13.2 Å². The summed E-state index contributed by atoms with van der Waals surface area (Å²) in [7, 11) is 0. The van der Waals surface area contributed by atoms with E-state index in [-0.39, 0.29) is 5.91 Å². The lowest BCUT2D eigenvalue weighted by Gasteiger charge is -2.26. The van der Waals surface area contributed by atoms with Gasteiger partial charge in [0.1, 0.15) is 0 Å². The van der Waals surface area contributed by atoms with Crippen molar-refractivity contribution in [1.29, 1.82) is 0 Å². The molecule has 0 aromatic heterocycles. The Hall–Kier alpha value is -2.17. The topological polar surface area (TPSA) is 41.6 Å². The number of amides is 1. The minimum Gasteiger partial charge on any atom is -0.379 e. The van der Waals surface area contributed by atoms with Gasteiger partial charge in [-0.05, 0) is 54.2 Å². The molecule has 136 valence electrons. The quantitative estimate of drug-likeness (QED) is 0.885. The monoisotopic (exact) mass is 350 g/mol. The summed E-state index contributed by atoms with van der Waals surface area (Å²) in [6.45, 7) is 4.41. The van der Waals surface area contributed by atoms with Crippen molar-refractivity contribution in [3.63, 3.8) is 0 Å². The van der Waals surface area contributed by atoms with Gasteiger partial charge in [0.2, 0.25) is 0 Å². The van der Waals surface area contributed by atoms with E-state index in [1.807, 2.05) is 24.3 Å². The Balaban J connectivity index is 1.38. The normalized spacial score (nSPS) is 18.3. The number of morpholine rings is 1. The zero-order valence-corrected chi connectivity index (χ0v) is 15.1. The maximum atomic E-state index is 12.5.